The van der Waals surface area contributed by atoms with Crippen molar-refractivity contribution >= 4 is 5.78 Å². The lowest BCUT2D eigenvalue weighted by Crippen LogP contribution is -2.17. The van der Waals surface area contributed by atoms with E-state index in [-0.39, 0.29) is 5.78 Å². The average molecular weight is 237 g/mol. The molecular weight excluding hydrogens is 222 g/mol. The summed E-state index contributed by atoms with van der Waals surface area (Å²) >= 11 is 0. The zero-order valence-electron chi connectivity index (χ0n) is 9.69. The first-order valence-corrected chi connectivity index (χ1v) is 5.47. The van der Waals surface area contributed by atoms with Gasteiger partial charge in [0.15, 0.2) is 17.3 Å². The second-order valence-corrected chi connectivity index (χ2v) is 3.66. The molecule has 1 aliphatic heterocycles. The van der Waals surface area contributed by atoms with Crippen molar-refractivity contribution in [2.45, 2.75) is 6.42 Å². The van der Waals surface area contributed by atoms with Crippen LogP contribution in [-0.4, -0.2) is 32.7 Å². The van der Waals surface area contributed by atoms with Gasteiger partial charge in [-0.3, -0.25) is 4.79 Å². The summed E-state index contributed by atoms with van der Waals surface area (Å²) in [5, 5.41) is 0. The fourth-order valence-electron chi connectivity index (χ4n) is 1.71. The van der Waals surface area contributed by atoms with Crippen LogP contribution in [0, 0.1) is 0 Å². The molecule has 5 nitrogen and oxygen atoms in total. The predicted molar refractivity (Wildman–Crippen MR) is 62.0 cm³/mol. The molecule has 1 aromatic rings. The maximum absolute atomic E-state index is 11.8. The lowest BCUT2D eigenvalue weighted by molar-refractivity contribution is 0.0983. The molecule has 0 aromatic heterocycles. The van der Waals surface area contributed by atoms with Crippen LogP contribution >= 0.6 is 0 Å². The number of nitrogens with two attached hydrogens (primary N) is 1. The van der Waals surface area contributed by atoms with Gasteiger partial charge in [-0.05, 0) is 18.7 Å². The second kappa shape index (κ2) is 5.05. The molecule has 0 saturated heterocycles. The first-order valence-electron chi connectivity index (χ1n) is 5.47. The number of ketones is 1. The SMILES string of the molecule is COc1cc(C(=O)CCN)cc2c1OCCO2. The third-order valence-corrected chi connectivity index (χ3v) is 2.52. The summed E-state index contributed by atoms with van der Waals surface area (Å²) in [6.07, 6.45) is 0.308. The Morgan fingerprint density at radius 2 is 2.18 bits per heavy atom. The van der Waals surface area contributed by atoms with E-state index >= 15 is 0 Å². The lowest BCUT2D eigenvalue weighted by atomic mass is 10.1. The summed E-state index contributed by atoms with van der Waals surface area (Å²) in [6, 6.07) is 3.33. The molecule has 0 fully saturated rings. The predicted octanol–water partition coefficient (Wildman–Crippen LogP) is 0.998. The summed E-state index contributed by atoms with van der Waals surface area (Å²) in [7, 11) is 1.53. The summed E-state index contributed by atoms with van der Waals surface area (Å²) in [4.78, 5) is 11.8. The molecule has 0 amide bonds. The van der Waals surface area contributed by atoms with Gasteiger partial charge in [0, 0.05) is 12.0 Å². The minimum absolute atomic E-state index is 0.0252. The Hall–Kier alpha value is -1.75. The molecule has 0 atom stereocenters. The van der Waals surface area contributed by atoms with Gasteiger partial charge in [0.25, 0.3) is 0 Å². The van der Waals surface area contributed by atoms with E-state index in [1.165, 1.54) is 7.11 Å². The van der Waals surface area contributed by atoms with E-state index in [2.05, 4.69) is 0 Å². The van der Waals surface area contributed by atoms with Crippen molar-refractivity contribution < 1.29 is 19.0 Å². The van der Waals surface area contributed by atoms with Gasteiger partial charge in [-0.1, -0.05) is 0 Å². The zero-order valence-corrected chi connectivity index (χ0v) is 9.69. The highest BCUT2D eigenvalue weighted by Crippen LogP contribution is 2.40. The maximum Gasteiger partial charge on any atom is 0.203 e. The van der Waals surface area contributed by atoms with Gasteiger partial charge < -0.3 is 19.9 Å². The lowest BCUT2D eigenvalue weighted by Gasteiger charge is -2.21. The Morgan fingerprint density at radius 1 is 1.41 bits per heavy atom. The van der Waals surface area contributed by atoms with Crippen LogP contribution in [0.3, 0.4) is 0 Å². The fourth-order valence-corrected chi connectivity index (χ4v) is 1.71. The van der Waals surface area contributed by atoms with Gasteiger partial charge >= 0.3 is 0 Å². The number of Topliss-reactive ketones (excluding diaryl/α,β-unsaturated/α-hetero) is 1. The number of ether oxygens (including phenoxy) is 3. The molecular formula is C12H15NO4. The van der Waals surface area contributed by atoms with Gasteiger partial charge in [-0.2, -0.15) is 0 Å². The summed E-state index contributed by atoms with van der Waals surface area (Å²) in [6.45, 7) is 1.29. The molecule has 0 saturated carbocycles. The Morgan fingerprint density at radius 3 is 2.88 bits per heavy atom. The van der Waals surface area contributed by atoms with E-state index in [1.807, 2.05) is 0 Å². The minimum Gasteiger partial charge on any atom is -0.493 e. The molecule has 0 spiro atoms. The van der Waals surface area contributed by atoms with Crippen molar-refractivity contribution in [3.63, 3.8) is 0 Å². The van der Waals surface area contributed by atoms with E-state index in [0.717, 1.165) is 0 Å². The molecule has 1 aromatic carbocycles. The number of rotatable bonds is 4. The molecule has 1 heterocycles. The van der Waals surface area contributed by atoms with Crippen LogP contribution in [0.5, 0.6) is 17.2 Å². The number of hydrogen-bond acceptors (Lipinski definition) is 5. The minimum atomic E-state index is -0.0252. The third kappa shape index (κ3) is 2.34. The van der Waals surface area contributed by atoms with Crippen LogP contribution < -0.4 is 19.9 Å². The zero-order chi connectivity index (χ0) is 12.3. The molecule has 0 unspecified atom stereocenters. The molecule has 5 heteroatoms. The van der Waals surface area contributed by atoms with E-state index < -0.39 is 0 Å². The summed E-state index contributed by atoms with van der Waals surface area (Å²) in [5.41, 5.74) is 5.91. The van der Waals surface area contributed by atoms with Crippen LogP contribution in [0.25, 0.3) is 0 Å². The number of hydrogen-bond donors (Lipinski definition) is 1. The number of carbonyl (C=O) groups is 1. The van der Waals surface area contributed by atoms with Crippen molar-refractivity contribution in [1.29, 1.82) is 0 Å². The van der Waals surface area contributed by atoms with Gasteiger partial charge in [0.05, 0.1) is 7.11 Å². The van der Waals surface area contributed by atoms with E-state index in [4.69, 9.17) is 19.9 Å². The Kier molecular flexibility index (Phi) is 3.49. The van der Waals surface area contributed by atoms with Crippen LogP contribution in [0.15, 0.2) is 12.1 Å². The van der Waals surface area contributed by atoms with Crippen molar-refractivity contribution in [1.82, 2.24) is 0 Å². The monoisotopic (exact) mass is 237 g/mol. The van der Waals surface area contributed by atoms with E-state index in [9.17, 15) is 4.79 Å². The third-order valence-electron chi connectivity index (χ3n) is 2.52. The molecule has 2 rings (SSSR count). The molecule has 92 valence electrons. The van der Waals surface area contributed by atoms with Gasteiger partial charge in [-0.25, -0.2) is 0 Å². The van der Waals surface area contributed by atoms with Crippen LogP contribution in [0.1, 0.15) is 16.8 Å². The fraction of sp³-hybridized carbons (Fsp3) is 0.417. The van der Waals surface area contributed by atoms with Gasteiger partial charge in [0.1, 0.15) is 13.2 Å². The van der Waals surface area contributed by atoms with Crippen LogP contribution in [-0.2, 0) is 0 Å². The first-order chi connectivity index (χ1) is 8.26. The van der Waals surface area contributed by atoms with Crippen molar-refractivity contribution in [2.75, 3.05) is 26.9 Å². The number of benzene rings is 1. The second-order valence-electron chi connectivity index (χ2n) is 3.66. The van der Waals surface area contributed by atoms with Gasteiger partial charge in [0.2, 0.25) is 5.75 Å². The van der Waals surface area contributed by atoms with Crippen molar-refractivity contribution in [2.24, 2.45) is 5.73 Å². The van der Waals surface area contributed by atoms with Crippen LogP contribution in [0.2, 0.25) is 0 Å². The molecule has 0 aliphatic carbocycles. The molecule has 17 heavy (non-hydrogen) atoms. The number of carbonyl (C=O) groups excluding carboxylic acids is 1. The quantitative estimate of drug-likeness (QED) is 0.791. The van der Waals surface area contributed by atoms with Gasteiger partial charge in [-0.15, -0.1) is 0 Å². The van der Waals surface area contributed by atoms with Crippen molar-refractivity contribution in [3.8, 4) is 17.2 Å². The Bertz CT molecular complexity index is 414. The summed E-state index contributed by atoms with van der Waals surface area (Å²) < 4.78 is 16.1. The first kappa shape index (κ1) is 11.7. The van der Waals surface area contributed by atoms with E-state index in [0.29, 0.717) is 49.0 Å². The number of methoxy groups -OCH3 is 1. The largest absolute Gasteiger partial charge is 0.493 e. The highest BCUT2D eigenvalue weighted by atomic mass is 16.6. The van der Waals surface area contributed by atoms with Crippen LogP contribution in [0.4, 0.5) is 0 Å². The average Bonchev–Trinajstić information content (AvgIpc) is 2.37. The smallest absolute Gasteiger partial charge is 0.203 e. The topological polar surface area (TPSA) is 70.8 Å². The van der Waals surface area contributed by atoms with Crippen molar-refractivity contribution in [3.05, 3.63) is 17.7 Å². The molecule has 2 N–H and O–H groups in total. The molecule has 0 bridgehead atoms. The number of fused-ring (bicyclic) bond motifs is 1. The summed E-state index contributed by atoms with van der Waals surface area (Å²) in [5.74, 6) is 1.60. The Balaban J connectivity index is 2.39. The Labute approximate surface area is 99.5 Å². The standard InChI is InChI=1S/C12H15NO4/c1-15-10-6-8(9(14)2-3-13)7-11-12(10)17-5-4-16-11/h6-7H,2-5,13H2,1H3. The normalized spacial score (nSPS) is 13.3. The maximum atomic E-state index is 11.8. The molecule has 1 aliphatic rings. The molecule has 0 radical (unpaired) electrons. The highest BCUT2D eigenvalue weighted by molar-refractivity contribution is 5.97. The highest BCUT2D eigenvalue weighted by Gasteiger charge is 2.20. The van der Waals surface area contributed by atoms with E-state index in [1.54, 1.807) is 12.1 Å².